The summed E-state index contributed by atoms with van der Waals surface area (Å²) in [5.41, 5.74) is 1.58. The molecule has 0 atom stereocenters. The first-order valence-electron chi connectivity index (χ1n) is 7.71. The Balaban J connectivity index is 1.75. The molecule has 5 nitrogen and oxygen atoms in total. The van der Waals surface area contributed by atoms with E-state index in [1.807, 2.05) is 11.4 Å². The molecule has 1 aromatic heterocycles. The number of thiazole rings is 1. The number of ether oxygens (including phenoxy) is 1. The second kappa shape index (κ2) is 9.12. The van der Waals surface area contributed by atoms with Gasteiger partial charge in [0.15, 0.2) is 0 Å². The smallest absolute Gasteiger partial charge is 0.306 e. The molecule has 0 spiro atoms. The molecule has 0 saturated heterocycles. The summed E-state index contributed by atoms with van der Waals surface area (Å²) < 4.78 is 18.0. The number of nitrogens with zero attached hydrogens (tertiary/aromatic N) is 1. The van der Waals surface area contributed by atoms with E-state index < -0.39 is 0 Å². The third kappa shape index (κ3) is 5.73. The molecule has 0 aliphatic heterocycles. The Morgan fingerprint density at radius 2 is 2.17 bits per heavy atom. The molecule has 2 aromatic rings. The van der Waals surface area contributed by atoms with Crippen molar-refractivity contribution in [3.05, 3.63) is 41.2 Å². The summed E-state index contributed by atoms with van der Waals surface area (Å²) in [7, 11) is 0. The van der Waals surface area contributed by atoms with Crippen molar-refractivity contribution in [2.24, 2.45) is 0 Å². The number of hydrogen-bond acceptors (Lipinski definition) is 5. The highest BCUT2D eigenvalue weighted by molar-refractivity contribution is 7.13. The summed E-state index contributed by atoms with van der Waals surface area (Å²) in [6, 6.07) is 6.29. The summed E-state index contributed by atoms with van der Waals surface area (Å²) in [6.45, 7) is 2.48. The fourth-order valence-electron chi connectivity index (χ4n) is 2.04. The maximum absolute atomic E-state index is 13.2. The molecule has 1 heterocycles. The van der Waals surface area contributed by atoms with Crippen molar-refractivity contribution in [1.82, 2.24) is 10.3 Å². The van der Waals surface area contributed by atoms with Crippen LogP contribution in [0.3, 0.4) is 0 Å². The highest BCUT2D eigenvalue weighted by atomic mass is 32.1. The van der Waals surface area contributed by atoms with Gasteiger partial charge in [-0.2, -0.15) is 0 Å². The molecule has 0 aliphatic rings. The second-order valence-corrected chi connectivity index (χ2v) is 5.92. The molecule has 1 aromatic carbocycles. The number of carbonyl (C=O) groups excluding carboxylic acids is 2. The zero-order chi connectivity index (χ0) is 17.4. The minimum absolute atomic E-state index is 0.0834. The van der Waals surface area contributed by atoms with E-state index in [4.69, 9.17) is 4.74 Å². The van der Waals surface area contributed by atoms with Crippen molar-refractivity contribution in [1.29, 1.82) is 0 Å². The first-order chi connectivity index (χ1) is 11.6. The van der Waals surface area contributed by atoms with E-state index in [1.165, 1.54) is 23.5 Å². The number of nitrogens with one attached hydrogen (secondary N) is 1. The first kappa shape index (κ1) is 18.1. The number of benzene rings is 1. The van der Waals surface area contributed by atoms with E-state index in [0.717, 1.165) is 16.3 Å². The topological polar surface area (TPSA) is 68.3 Å². The fraction of sp³-hybridized carbons (Fsp3) is 0.353. The monoisotopic (exact) mass is 350 g/mol. The molecule has 0 saturated carbocycles. The Kier molecular flexibility index (Phi) is 6.87. The lowest BCUT2D eigenvalue weighted by Crippen LogP contribution is -2.26. The Morgan fingerprint density at radius 3 is 2.92 bits per heavy atom. The van der Waals surface area contributed by atoms with Crippen molar-refractivity contribution in [3.63, 3.8) is 0 Å². The molecule has 128 valence electrons. The number of amides is 1. The zero-order valence-corrected chi connectivity index (χ0v) is 14.2. The summed E-state index contributed by atoms with van der Waals surface area (Å²) in [5.74, 6) is -0.853. The van der Waals surface area contributed by atoms with Crippen molar-refractivity contribution >= 4 is 23.2 Å². The standard InChI is InChI=1S/C17H19FN2O3S/c1-2-23-16(22)7-6-15(21)19-9-8-14-11-24-17(20-14)12-4-3-5-13(18)10-12/h3-5,10-11H,2,6-9H2,1H3,(H,19,21). The Bertz CT molecular complexity index is 703. The van der Waals surface area contributed by atoms with Crippen LogP contribution in [0.25, 0.3) is 10.6 Å². The quantitative estimate of drug-likeness (QED) is 0.743. The summed E-state index contributed by atoms with van der Waals surface area (Å²) in [5, 5.41) is 5.39. The van der Waals surface area contributed by atoms with Gasteiger partial charge in [-0.25, -0.2) is 9.37 Å². The molecule has 0 aliphatic carbocycles. The van der Waals surface area contributed by atoms with Crippen LogP contribution in [-0.4, -0.2) is 30.0 Å². The van der Waals surface area contributed by atoms with Crippen LogP contribution in [0.5, 0.6) is 0 Å². The van der Waals surface area contributed by atoms with Gasteiger partial charge in [-0.05, 0) is 19.1 Å². The van der Waals surface area contributed by atoms with Crippen LogP contribution in [0.1, 0.15) is 25.5 Å². The van der Waals surface area contributed by atoms with Gasteiger partial charge in [0.25, 0.3) is 0 Å². The van der Waals surface area contributed by atoms with E-state index >= 15 is 0 Å². The highest BCUT2D eigenvalue weighted by Gasteiger charge is 2.08. The van der Waals surface area contributed by atoms with Gasteiger partial charge in [-0.1, -0.05) is 12.1 Å². The molecule has 0 unspecified atom stereocenters. The third-order valence-electron chi connectivity index (χ3n) is 3.19. The average molecular weight is 350 g/mol. The van der Waals surface area contributed by atoms with Gasteiger partial charge >= 0.3 is 5.97 Å². The molecule has 1 amide bonds. The van der Waals surface area contributed by atoms with Crippen LogP contribution >= 0.6 is 11.3 Å². The van der Waals surface area contributed by atoms with Crippen LogP contribution in [-0.2, 0) is 20.7 Å². The molecular formula is C17H19FN2O3S. The molecular weight excluding hydrogens is 331 g/mol. The van der Waals surface area contributed by atoms with E-state index in [2.05, 4.69) is 10.3 Å². The van der Waals surface area contributed by atoms with Crippen LogP contribution < -0.4 is 5.32 Å². The minimum Gasteiger partial charge on any atom is -0.466 e. The van der Waals surface area contributed by atoms with Crippen LogP contribution in [0.15, 0.2) is 29.6 Å². The lowest BCUT2D eigenvalue weighted by molar-refractivity contribution is -0.144. The zero-order valence-electron chi connectivity index (χ0n) is 13.4. The van der Waals surface area contributed by atoms with E-state index in [0.29, 0.717) is 19.6 Å². The van der Waals surface area contributed by atoms with E-state index in [-0.39, 0.29) is 30.5 Å². The first-order valence-corrected chi connectivity index (χ1v) is 8.59. The van der Waals surface area contributed by atoms with Crippen LogP contribution in [0, 0.1) is 5.82 Å². The summed E-state index contributed by atoms with van der Waals surface area (Å²) >= 11 is 1.44. The largest absolute Gasteiger partial charge is 0.466 e. The minimum atomic E-state index is -0.369. The van der Waals surface area contributed by atoms with Crippen LogP contribution in [0.4, 0.5) is 4.39 Å². The van der Waals surface area contributed by atoms with Crippen molar-refractivity contribution in [2.45, 2.75) is 26.2 Å². The number of esters is 1. The SMILES string of the molecule is CCOC(=O)CCC(=O)NCCc1csc(-c2cccc(F)c2)n1. The van der Waals surface area contributed by atoms with Crippen molar-refractivity contribution < 1.29 is 18.7 Å². The normalized spacial score (nSPS) is 10.4. The molecule has 7 heteroatoms. The van der Waals surface area contributed by atoms with Gasteiger partial charge in [0.2, 0.25) is 5.91 Å². The highest BCUT2D eigenvalue weighted by Crippen LogP contribution is 2.24. The van der Waals surface area contributed by atoms with Gasteiger partial charge in [0.05, 0.1) is 18.7 Å². The number of rotatable bonds is 8. The molecule has 1 N–H and O–H groups in total. The third-order valence-corrected chi connectivity index (χ3v) is 4.13. The fourth-order valence-corrected chi connectivity index (χ4v) is 2.89. The van der Waals surface area contributed by atoms with Crippen LogP contribution in [0.2, 0.25) is 0 Å². The number of halogens is 1. The molecule has 0 fully saturated rings. The van der Waals surface area contributed by atoms with Gasteiger partial charge in [-0.15, -0.1) is 11.3 Å². The maximum Gasteiger partial charge on any atom is 0.306 e. The number of hydrogen-bond donors (Lipinski definition) is 1. The molecule has 2 rings (SSSR count). The number of aromatic nitrogens is 1. The Morgan fingerprint density at radius 1 is 1.33 bits per heavy atom. The maximum atomic E-state index is 13.2. The van der Waals surface area contributed by atoms with Crippen molar-refractivity contribution in [3.8, 4) is 10.6 Å². The lowest BCUT2D eigenvalue weighted by atomic mass is 10.2. The summed E-state index contributed by atoms with van der Waals surface area (Å²) in [4.78, 5) is 27.2. The van der Waals surface area contributed by atoms with Gasteiger partial charge in [0.1, 0.15) is 10.8 Å². The molecule has 0 radical (unpaired) electrons. The van der Waals surface area contributed by atoms with Gasteiger partial charge < -0.3 is 10.1 Å². The number of carbonyl (C=O) groups is 2. The van der Waals surface area contributed by atoms with Crippen molar-refractivity contribution in [2.75, 3.05) is 13.2 Å². The van der Waals surface area contributed by atoms with Gasteiger partial charge in [-0.3, -0.25) is 9.59 Å². The molecule has 24 heavy (non-hydrogen) atoms. The van der Waals surface area contributed by atoms with E-state index in [1.54, 1.807) is 13.0 Å². The average Bonchev–Trinajstić information content (AvgIpc) is 3.02. The Hall–Kier alpha value is -2.28. The van der Waals surface area contributed by atoms with E-state index in [9.17, 15) is 14.0 Å². The Labute approximate surface area is 143 Å². The lowest BCUT2D eigenvalue weighted by Gasteiger charge is -2.04. The predicted molar refractivity (Wildman–Crippen MR) is 90.1 cm³/mol. The predicted octanol–water partition coefficient (Wildman–Crippen LogP) is 2.95. The summed E-state index contributed by atoms with van der Waals surface area (Å²) in [6.07, 6.45) is 0.779. The second-order valence-electron chi connectivity index (χ2n) is 5.06. The van der Waals surface area contributed by atoms with Gasteiger partial charge in [0, 0.05) is 30.3 Å². The molecule has 0 bridgehead atoms.